The lowest BCUT2D eigenvalue weighted by atomic mass is 9.85. The maximum absolute atomic E-state index is 12.9. The fourth-order valence-corrected chi connectivity index (χ4v) is 8.14. The summed E-state index contributed by atoms with van der Waals surface area (Å²) >= 11 is 0. The summed E-state index contributed by atoms with van der Waals surface area (Å²) in [7, 11) is 3.11. The van der Waals surface area contributed by atoms with E-state index >= 15 is 0 Å². The quantitative estimate of drug-likeness (QED) is 0.0424. The third kappa shape index (κ3) is 15.2. The van der Waals surface area contributed by atoms with Gasteiger partial charge in [-0.25, -0.2) is 0 Å². The first-order chi connectivity index (χ1) is 32.4. The molecule has 0 spiro atoms. The predicted octanol–water partition coefficient (Wildman–Crippen LogP) is 14.3. The predicted molar refractivity (Wildman–Crippen MR) is 276 cm³/mol. The monoisotopic (exact) mass is 910 g/mol. The summed E-state index contributed by atoms with van der Waals surface area (Å²) in [6.45, 7) is 20.6. The van der Waals surface area contributed by atoms with E-state index in [0.29, 0.717) is 62.8 Å². The number of nitrogens with zero attached hydrogens (tertiary/aromatic N) is 3. The van der Waals surface area contributed by atoms with Crippen LogP contribution in [0.3, 0.4) is 0 Å². The third-order valence-corrected chi connectivity index (χ3v) is 12.3. The maximum Gasteiger partial charge on any atom is 0.163 e. The highest BCUT2D eigenvalue weighted by Crippen LogP contribution is 2.38. The molecule has 0 aliphatic rings. The van der Waals surface area contributed by atoms with Crippen molar-refractivity contribution in [2.75, 3.05) is 14.2 Å². The van der Waals surface area contributed by atoms with Crippen LogP contribution in [-0.2, 0) is 45.3 Å². The van der Waals surface area contributed by atoms with Gasteiger partial charge in [-0.3, -0.25) is 24.6 Å². The number of hydrogen-bond donors (Lipinski definition) is 0. The van der Waals surface area contributed by atoms with Crippen LogP contribution in [0.1, 0.15) is 148 Å². The van der Waals surface area contributed by atoms with Crippen molar-refractivity contribution in [3.05, 3.63) is 135 Å². The Labute approximate surface area is 401 Å². The molecule has 3 unspecified atom stereocenters. The van der Waals surface area contributed by atoms with Crippen LogP contribution in [0, 0.1) is 17.8 Å². The lowest BCUT2D eigenvalue weighted by Gasteiger charge is -2.21. The van der Waals surface area contributed by atoms with Crippen LogP contribution in [0.25, 0.3) is 0 Å². The van der Waals surface area contributed by atoms with Gasteiger partial charge in [0.1, 0.15) is 13.2 Å². The van der Waals surface area contributed by atoms with Gasteiger partial charge < -0.3 is 18.9 Å². The molecule has 0 radical (unpaired) electrons. The standard InChI is InChI=1S/C56H69N3O6.C2H6/c1-11-19-41(27-44-21-17-16-20-42(44)14-4)33-57-51-31-55(53(62-9)29-49(51)38(7)60)64-35-47-22-18-23-48(59-47)36-65-56-32-52(50(39(8)61)30-54(56)63-10)58-34-46(37(6)12-2)28-45-25-24-40(13-3)26-43(45)15-5;1-2/h16-18,20-26,29-34,37,41,46H,11-15,19,27-28,35-36H2,1-10H3;1-2H3. The second-order valence-corrected chi connectivity index (χ2v) is 16.8. The molecule has 67 heavy (non-hydrogen) atoms. The van der Waals surface area contributed by atoms with Crippen LogP contribution < -0.4 is 18.9 Å². The van der Waals surface area contributed by atoms with Crippen LogP contribution >= 0.6 is 0 Å². The number of ether oxygens (including phenoxy) is 4. The highest BCUT2D eigenvalue weighted by molar-refractivity contribution is 6.01. The largest absolute Gasteiger partial charge is 0.493 e. The van der Waals surface area contributed by atoms with Crippen molar-refractivity contribution in [1.29, 1.82) is 0 Å². The highest BCUT2D eigenvalue weighted by Gasteiger charge is 2.20. The van der Waals surface area contributed by atoms with E-state index in [0.717, 1.165) is 51.4 Å². The first-order valence-electron chi connectivity index (χ1n) is 24.4. The fraction of sp³-hybridized carbons (Fsp3) is 0.431. The van der Waals surface area contributed by atoms with Crippen molar-refractivity contribution in [1.82, 2.24) is 4.98 Å². The zero-order chi connectivity index (χ0) is 48.9. The molecule has 5 rings (SSSR count). The van der Waals surface area contributed by atoms with Crippen LogP contribution in [0.4, 0.5) is 11.4 Å². The van der Waals surface area contributed by atoms with Crippen LogP contribution in [0.2, 0.25) is 0 Å². The molecule has 0 bridgehead atoms. The first kappa shape index (κ1) is 53.5. The number of pyridine rings is 1. The number of Topliss-reactive ketones (excluding diaryl/α,β-unsaturated/α-hetero) is 2. The van der Waals surface area contributed by atoms with Crippen molar-refractivity contribution in [3.8, 4) is 23.0 Å². The number of aliphatic imine (C=N–C) groups is 2. The molecule has 0 amide bonds. The van der Waals surface area contributed by atoms with Crippen molar-refractivity contribution in [2.45, 2.75) is 134 Å². The Balaban J connectivity index is 0.00000483. The van der Waals surface area contributed by atoms with Gasteiger partial charge in [0.15, 0.2) is 34.6 Å². The summed E-state index contributed by atoms with van der Waals surface area (Å²) in [6, 6.07) is 28.0. The average molecular weight is 910 g/mol. The number of ketones is 2. The Morgan fingerprint density at radius 1 is 0.612 bits per heavy atom. The van der Waals surface area contributed by atoms with Crippen molar-refractivity contribution in [2.24, 2.45) is 27.7 Å². The van der Waals surface area contributed by atoms with E-state index in [-0.39, 0.29) is 36.6 Å². The molecule has 0 fully saturated rings. The summed E-state index contributed by atoms with van der Waals surface area (Å²) in [5, 5.41) is 0. The van der Waals surface area contributed by atoms with Crippen molar-refractivity contribution in [3.63, 3.8) is 0 Å². The summed E-state index contributed by atoms with van der Waals surface area (Å²) in [4.78, 5) is 40.5. The van der Waals surface area contributed by atoms with Gasteiger partial charge in [0.05, 0.1) is 37.0 Å². The minimum absolute atomic E-state index is 0.111. The minimum atomic E-state index is -0.111. The summed E-state index contributed by atoms with van der Waals surface area (Å²) < 4.78 is 24.1. The second kappa shape index (κ2) is 27.5. The van der Waals surface area contributed by atoms with Gasteiger partial charge in [-0.2, -0.15) is 0 Å². The fourth-order valence-electron chi connectivity index (χ4n) is 8.14. The Bertz CT molecular complexity index is 2440. The van der Waals surface area contributed by atoms with Crippen LogP contribution in [0.5, 0.6) is 23.0 Å². The van der Waals surface area contributed by atoms with Crippen molar-refractivity contribution < 1.29 is 28.5 Å². The zero-order valence-electron chi connectivity index (χ0n) is 42.3. The molecule has 0 saturated heterocycles. The topological polar surface area (TPSA) is 109 Å². The SMILES string of the molecule is CC.CCCC(C=Nc1cc(OCc2cccc(COc3cc(N=CC(Cc4ccc(CC)cc4CC)C(C)CC)c(C(C)=O)cc3OC)n2)c(OC)cc1C(C)=O)Cc1ccccc1CC. The van der Waals surface area contributed by atoms with Gasteiger partial charge in [-0.1, -0.05) is 117 Å². The van der Waals surface area contributed by atoms with Crippen molar-refractivity contribution >= 4 is 35.4 Å². The van der Waals surface area contributed by atoms with Gasteiger partial charge in [-0.15, -0.1) is 0 Å². The van der Waals surface area contributed by atoms with Crippen LogP contribution in [0.15, 0.2) is 94.9 Å². The van der Waals surface area contributed by atoms with Gasteiger partial charge in [0.2, 0.25) is 0 Å². The number of methoxy groups -OCH3 is 2. The number of rotatable bonds is 25. The number of hydrogen-bond acceptors (Lipinski definition) is 9. The summed E-state index contributed by atoms with van der Waals surface area (Å²) in [5.74, 6) is 2.30. The Kier molecular flexibility index (Phi) is 22.0. The molecule has 0 saturated carbocycles. The Morgan fingerprint density at radius 3 is 1.64 bits per heavy atom. The molecular weight excluding hydrogens is 835 g/mol. The second-order valence-electron chi connectivity index (χ2n) is 16.8. The zero-order valence-corrected chi connectivity index (χ0v) is 42.3. The molecule has 0 N–H and O–H groups in total. The number of aryl methyl sites for hydroxylation is 3. The first-order valence-corrected chi connectivity index (χ1v) is 24.4. The molecule has 9 nitrogen and oxygen atoms in total. The number of aromatic nitrogens is 1. The number of carbonyl (C=O) groups is 2. The molecule has 5 aromatic rings. The normalized spacial score (nSPS) is 12.6. The van der Waals surface area contributed by atoms with Gasteiger partial charge >= 0.3 is 0 Å². The van der Waals surface area contributed by atoms with Gasteiger partial charge in [0.25, 0.3) is 0 Å². The van der Waals surface area contributed by atoms with E-state index in [9.17, 15) is 9.59 Å². The Morgan fingerprint density at radius 2 is 1.15 bits per heavy atom. The van der Waals surface area contributed by atoms with Crippen LogP contribution in [-0.4, -0.2) is 43.2 Å². The van der Waals surface area contributed by atoms with E-state index in [4.69, 9.17) is 33.9 Å². The lowest BCUT2D eigenvalue weighted by molar-refractivity contribution is 0.100. The van der Waals surface area contributed by atoms with E-state index in [1.54, 1.807) is 45.4 Å². The molecule has 9 heteroatoms. The molecular formula is C58H75N3O6. The highest BCUT2D eigenvalue weighted by atomic mass is 16.5. The third-order valence-electron chi connectivity index (χ3n) is 12.3. The maximum atomic E-state index is 12.9. The Hall–Kier alpha value is -6.09. The average Bonchev–Trinajstić information content (AvgIpc) is 3.35. The smallest absolute Gasteiger partial charge is 0.163 e. The molecule has 0 aliphatic carbocycles. The molecule has 3 atom stereocenters. The van der Waals surface area contributed by atoms with Gasteiger partial charge in [-0.05, 0) is 116 Å². The van der Waals surface area contributed by atoms with E-state index < -0.39 is 0 Å². The molecule has 1 heterocycles. The lowest BCUT2D eigenvalue weighted by Crippen LogP contribution is -2.16. The van der Waals surface area contributed by atoms with E-state index in [1.165, 1.54) is 34.7 Å². The number of carbonyl (C=O) groups excluding carboxylic acids is 2. The summed E-state index contributed by atoms with van der Waals surface area (Å²) in [6.07, 6.45) is 11.7. The van der Waals surface area contributed by atoms with E-state index in [1.807, 2.05) is 44.5 Å². The molecule has 0 aliphatic heterocycles. The number of benzene rings is 4. The minimum Gasteiger partial charge on any atom is -0.493 e. The van der Waals surface area contributed by atoms with E-state index in [2.05, 4.69) is 84.0 Å². The molecule has 4 aromatic carbocycles. The summed E-state index contributed by atoms with van der Waals surface area (Å²) in [5.41, 5.74) is 10.1. The molecule has 358 valence electrons. The van der Waals surface area contributed by atoms with Gasteiger partial charge in [0, 0.05) is 41.6 Å². The molecule has 1 aromatic heterocycles.